The Balaban J connectivity index is 2.09. The number of hydrogen-bond acceptors (Lipinski definition) is 5. The standard InChI is InChI=1S/C28H31N5/c1-22-25(31-20-10-18-29-3)14-8-16-27(22)33(24-12-6-5-7-13-24)28-17-9-15-26(23(28)2)32-21-11-19-30-4/h5-21,31-32H,1-4H3/b20-10-,21-11-,29-18?,30-19?. The maximum absolute atomic E-state index is 3.99. The summed E-state index contributed by atoms with van der Waals surface area (Å²) >= 11 is 0. The van der Waals surface area contributed by atoms with Gasteiger partial charge < -0.3 is 15.5 Å². The van der Waals surface area contributed by atoms with E-state index < -0.39 is 0 Å². The van der Waals surface area contributed by atoms with Gasteiger partial charge in [-0.3, -0.25) is 9.98 Å². The summed E-state index contributed by atoms with van der Waals surface area (Å²) < 4.78 is 0. The molecule has 0 unspecified atom stereocenters. The predicted molar refractivity (Wildman–Crippen MR) is 145 cm³/mol. The zero-order chi connectivity index (χ0) is 23.5. The Bertz CT molecular complexity index is 1090. The number of nitrogens with zero attached hydrogens (tertiary/aromatic N) is 3. The first-order valence-electron chi connectivity index (χ1n) is 10.9. The second-order valence-corrected chi connectivity index (χ2v) is 7.39. The molecule has 0 amide bonds. The van der Waals surface area contributed by atoms with Gasteiger partial charge in [0.15, 0.2) is 0 Å². The topological polar surface area (TPSA) is 52.0 Å². The zero-order valence-electron chi connectivity index (χ0n) is 19.7. The number of anilines is 5. The van der Waals surface area contributed by atoms with E-state index >= 15 is 0 Å². The minimum absolute atomic E-state index is 1.04. The molecular formula is C28H31N5. The third-order valence-electron chi connectivity index (χ3n) is 5.25. The largest absolute Gasteiger partial charge is 0.361 e. The molecule has 0 spiro atoms. The van der Waals surface area contributed by atoms with Crippen LogP contribution in [0.15, 0.2) is 101 Å². The average molecular weight is 438 g/mol. The molecular weight excluding hydrogens is 406 g/mol. The van der Waals surface area contributed by atoms with Gasteiger partial charge in [-0.25, -0.2) is 0 Å². The highest BCUT2D eigenvalue weighted by Crippen LogP contribution is 2.41. The summed E-state index contributed by atoms with van der Waals surface area (Å²) in [7, 11) is 3.51. The van der Waals surface area contributed by atoms with E-state index in [2.05, 4.69) is 100 Å². The van der Waals surface area contributed by atoms with E-state index in [1.54, 1.807) is 26.5 Å². The molecule has 168 valence electrons. The first kappa shape index (κ1) is 23.5. The Morgan fingerprint density at radius 1 is 0.636 bits per heavy atom. The molecule has 0 fully saturated rings. The van der Waals surface area contributed by atoms with Crippen molar-refractivity contribution in [3.8, 4) is 0 Å². The van der Waals surface area contributed by atoms with E-state index in [0.29, 0.717) is 0 Å². The lowest BCUT2D eigenvalue weighted by Gasteiger charge is -2.30. The summed E-state index contributed by atoms with van der Waals surface area (Å²) in [5.74, 6) is 0. The molecule has 2 N–H and O–H groups in total. The van der Waals surface area contributed by atoms with Gasteiger partial charge in [0.1, 0.15) is 0 Å². The minimum atomic E-state index is 1.04. The van der Waals surface area contributed by atoms with Crippen molar-refractivity contribution in [1.82, 2.24) is 0 Å². The van der Waals surface area contributed by atoms with Crippen LogP contribution in [-0.4, -0.2) is 26.5 Å². The number of allylic oxidation sites excluding steroid dienone is 2. The monoisotopic (exact) mass is 437 g/mol. The fourth-order valence-corrected chi connectivity index (χ4v) is 3.56. The molecule has 3 aromatic carbocycles. The molecule has 5 nitrogen and oxygen atoms in total. The first-order chi connectivity index (χ1) is 16.2. The Hall–Kier alpha value is -4.12. The summed E-state index contributed by atoms with van der Waals surface area (Å²) in [5.41, 5.74) is 7.70. The Labute approximate surface area is 196 Å². The smallest absolute Gasteiger partial charge is 0.0511 e. The number of aliphatic imine (C=N–C) groups is 2. The third kappa shape index (κ3) is 5.98. The first-order valence-corrected chi connectivity index (χ1v) is 10.9. The van der Waals surface area contributed by atoms with E-state index in [-0.39, 0.29) is 0 Å². The van der Waals surface area contributed by atoms with Crippen LogP contribution in [0.4, 0.5) is 28.4 Å². The predicted octanol–water partition coefficient (Wildman–Crippen LogP) is 7.03. The fraction of sp³-hybridized carbons (Fsp3) is 0.143. The molecule has 0 saturated carbocycles. The number of nitrogens with one attached hydrogen (secondary N) is 2. The Morgan fingerprint density at radius 2 is 1.12 bits per heavy atom. The van der Waals surface area contributed by atoms with Crippen molar-refractivity contribution >= 4 is 40.9 Å². The van der Waals surface area contributed by atoms with E-state index in [1.165, 1.54) is 0 Å². The van der Waals surface area contributed by atoms with Crippen LogP contribution in [0.25, 0.3) is 0 Å². The third-order valence-corrected chi connectivity index (χ3v) is 5.25. The molecule has 0 atom stereocenters. The van der Waals surface area contributed by atoms with Gasteiger partial charge >= 0.3 is 0 Å². The van der Waals surface area contributed by atoms with Crippen LogP contribution in [0.5, 0.6) is 0 Å². The molecule has 0 heterocycles. The second-order valence-electron chi connectivity index (χ2n) is 7.39. The van der Waals surface area contributed by atoms with Gasteiger partial charge in [0, 0.05) is 56.0 Å². The van der Waals surface area contributed by atoms with Gasteiger partial charge in [0.05, 0.1) is 11.4 Å². The molecule has 3 aromatic rings. The van der Waals surface area contributed by atoms with Crippen LogP contribution in [0.3, 0.4) is 0 Å². The number of hydrogen-bond donors (Lipinski definition) is 2. The van der Waals surface area contributed by atoms with Gasteiger partial charge in [-0.15, -0.1) is 0 Å². The number of benzene rings is 3. The summed E-state index contributed by atoms with van der Waals surface area (Å²) in [4.78, 5) is 10.3. The minimum Gasteiger partial charge on any atom is -0.361 e. The van der Waals surface area contributed by atoms with Crippen LogP contribution in [-0.2, 0) is 0 Å². The maximum Gasteiger partial charge on any atom is 0.0511 e. The van der Waals surface area contributed by atoms with Crippen molar-refractivity contribution in [1.29, 1.82) is 0 Å². The van der Waals surface area contributed by atoms with Gasteiger partial charge in [-0.1, -0.05) is 30.3 Å². The molecule has 3 rings (SSSR count). The number of para-hydroxylation sites is 1. The fourth-order valence-electron chi connectivity index (χ4n) is 3.56. The molecule has 0 radical (unpaired) electrons. The lowest BCUT2D eigenvalue weighted by atomic mass is 10.1. The molecule has 33 heavy (non-hydrogen) atoms. The molecule has 0 aliphatic carbocycles. The highest BCUT2D eigenvalue weighted by molar-refractivity contribution is 5.85. The van der Waals surface area contributed by atoms with Crippen LogP contribution in [0, 0.1) is 13.8 Å². The summed E-state index contributed by atoms with van der Waals surface area (Å²) in [6.07, 6.45) is 11.1. The van der Waals surface area contributed by atoms with Gasteiger partial charge in [0.2, 0.25) is 0 Å². The molecule has 0 aliphatic heterocycles. The summed E-state index contributed by atoms with van der Waals surface area (Å²) in [6, 6.07) is 23.1. The SMILES string of the molecule is CN=C/C=C\Nc1cccc(N(c2ccccc2)c2cccc(N/C=C\C=NC)c2C)c1C. The normalized spacial score (nSPS) is 11.8. The maximum atomic E-state index is 3.99. The lowest BCUT2D eigenvalue weighted by molar-refractivity contribution is 1.22. The average Bonchev–Trinajstić information content (AvgIpc) is 2.84. The van der Waals surface area contributed by atoms with Crippen molar-refractivity contribution < 1.29 is 0 Å². The van der Waals surface area contributed by atoms with Crippen molar-refractivity contribution in [2.45, 2.75) is 13.8 Å². The van der Waals surface area contributed by atoms with Crippen LogP contribution < -0.4 is 15.5 Å². The Morgan fingerprint density at radius 3 is 1.58 bits per heavy atom. The molecule has 0 aromatic heterocycles. The van der Waals surface area contributed by atoms with Crippen molar-refractivity contribution in [2.24, 2.45) is 9.98 Å². The zero-order valence-corrected chi connectivity index (χ0v) is 19.7. The van der Waals surface area contributed by atoms with Gasteiger partial charge in [-0.05, 0) is 73.5 Å². The van der Waals surface area contributed by atoms with Crippen LogP contribution in [0.2, 0.25) is 0 Å². The highest BCUT2D eigenvalue weighted by atomic mass is 15.1. The van der Waals surface area contributed by atoms with Crippen LogP contribution >= 0.6 is 0 Å². The molecule has 0 bridgehead atoms. The highest BCUT2D eigenvalue weighted by Gasteiger charge is 2.18. The van der Waals surface area contributed by atoms with Crippen LogP contribution in [0.1, 0.15) is 11.1 Å². The quantitative estimate of drug-likeness (QED) is 0.354. The Kier molecular flexibility index (Phi) is 8.60. The molecule has 0 aliphatic rings. The van der Waals surface area contributed by atoms with E-state index in [0.717, 1.165) is 39.6 Å². The van der Waals surface area contributed by atoms with Crippen molar-refractivity contribution in [3.05, 3.63) is 102 Å². The number of rotatable bonds is 9. The molecule has 5 heteroatoms. The van der Waals surface area contributed by atoms with E-state index in [4.69, 9.17) is 0 Å². The van der Waals surface area contributed by atoms with Crippen molar-refractivity contribution in [3.63, 3.8) is 0 Å². The molecule has 0 saturated heterocycles. The second kappa shape index (κ2) is 12.1. The lowest BCUT2D eigenvalue weighted by Crippen LogP contribution is -2.13. The van der Waals surface area contributed by atoms with Gasteiger partial charge in [0.25, 0.3) is 0 Å². The van der Waals surface area contributed by atoms with E-state index in [9.17, 15) is 0 Å². The van der Waals surface area contributed by atoms with E-state index in [1.807, 2.05) is 30.6 Å². The summed E-state index contributed by atoms with van der Waals surface area (Å²) in [6.45, 7) is 4.28. The van der Waals surface area contributed by atoms with Crippen molar-refractivity contribution in [2.75, 3.05) is 29.6 Å². The summed E-state index contributed by atoms with van der Waals surface area (Å²) in [5, 5.41) is 6.76. The van der Waals surface area contributed by atoms with Gasteiger partial charge in [-0.2, -0.15) is 0 Å².